The Morgan fingerprint density at radius 3 is 2.18 bits per heavy atom. The Balaban J connectivity index is 2.70. The highest BCUT2D eigenvalue weighted by Gasteiger charge is 2.29. The highest BCUT2D eigenvalue weighted by Crippen LogP contribution is 2.34. The first kappa shape index (κ1) is 21.8. The van der Waals surface area contributed by atoms with Crippen LogP contribution in [-0.2, 0) is 10.2 Å². The Kier molecular flexibility index (Phi) is 7.13. The van der Waals surface area contributed by atoms with Crippen LogP contribution < -0.4 is 4.90 Å². The molecule has 1 atom stereocenters. The van der Waals surface area contributed by atoms with E-state index in [9.17, 15) is 19.8 Å². The lowest BCUT2D eigenvalue weighted by Crippen LogP contribution is -2.38. The molecule has 6 heteroatoms. The summed E-state index contributed by atoms with van der Waals surface area (Å²) in [5.74, 6) is -1.42. The number of carboxylic acid groups (broad SMARTS) is 2. The highest BCUT2D eigenvalue weighted by atomic mass is 32.1. The molecule has 0 aliphatic carbocycles. The van der Waals surface area contributed by atoms with Gasteiger partial charge in [-0.3, -0.25) is 0 Å². The molecule has 0 amide bonds. The second-order valence-electron chi connectivity index (χ2n) is 7.75. The van der Waals surface area contributed by atoms with E-state index in [0.29, 0.717) is 30.0 Å². The molecule has 0 bridgehead atoms. The van der Waals surface area contributed by atoms with E-state index in [1.54, 1.807) is 17.0 Å². The van der Waals surface area contributed by atoms with Crippen molar-refractivity contribution in [3.8, 4) is 0 Å². The van der Waals surface area contributed by atoms with Gasteiger partial charge in [-0.2, -0.15) is 12.6 Å². The van der Waals surface area contributed by atoms with Crippen LogP contribution in [-0.4, -0.2) is 33.9 Å². The topological polar surface area (TPSA) is 77.8 Å². The van der Waals surface area contributed by atoms with Gasteiger partial charge in [0.15, 0.2) is 0 Å². The SMILES string of the molecule is CC(C)(C)c1cc(C(=O)O)cc(N(c2ccccc2)C(CCCS)C(=O)O)c1. The second-order valence-corrected chi connectivity index (χ2v) is 8.20. The molecule has 2 aromatic rings. The molecule has 28 heavy (non-hydrogen) atoms. The van der Waals surface area contributed by atoms with Crippen molar-refractivity contribution in [3.63, 3.8) is 0 Å². The third kappa shape index (κ3) is 5.29. The predicted molar refractivity (Wildman–Crippen MR) is 115 cm³/mol. The largest absolute Gasteiger partial charge is 0.480 e. The van der Waals surface area contributed by atoms with Crippen LogP contribution >= 0.6 is 12.6 Å². The first-order valence-electron chi connectivity index (χ1n) is 9.22. The molecule has 0 heterocycles. The summed E-state index contributed by atoms with van der Waals surface area (Å²) in [5, 5.41) is 19.5. The molecule has 0 saturated heterocycles. The zero-order valence-corrected chi connectivity index (χ0v) is 17.3. The molecule has 2 aromatic carbocycles. The summed E-state index contributed by atoms with van der Waals surface area (Å²) in [4.78, 5) is 25.5. The Bertz CT molecular complexity index is 830. The summed E-state index contributed by atoms with van der Waals surface area (Å²) in [6.07, 6.45) is 1.03. The van der Waals surface area contributed by atoms with Gasteiger partial charge in [0.1, 0.15) is 6.04 Å². The highest BCUT2D eigenvalue weighted by molar-refractivity contribution is 7.80. The third-order valence-electron chi connectivity index (χ3n) is 4.58. The Hall–Kier alpha value is -2.47. The molecular formula is C22H27NO4S. The van der Waals surface area contributed by atoms with Crippen molar-refractivity contribution < 1.29 is 19.8 Å². The number of thiol groups is 1. The number of rotatable bonds is 8. The smallest absolute Gasteiger partial charge is 0.335 e. The van der Waals surface area contributed by atoms with Crippen LogP contribution in [0.1, 0.15) is 49.5 Å². The van der Waals surface area contributed by atoms with Gasteiger partial charge in [-0.05, 0) is 59.9 Å². The number of aliphatic carboxylic acids is 1. The van der Waals surface area contributed by atoms with Crippen molar-refractivity contribution in [1.29, 1.82) is 0 Å². The molecule has 0 aliphatic rings. The molecule has 0 spiro atoms. The van der Waals surface area contributed by atoms with Crippen LogP contribution in [0.3, 0.4) is 0 Å². The number of aromatic carboxylic acids is 1. The van der Waals surface area contributed by atoms with E-state index in [-0.39, 0.29) is 11.0 Å². The maximum Gasteiger partial charge on any atom is 0.335 e. The molecule has 5 nitrogen and oxygen atoms in total. The average Bonchev–Trinajstić information content (AvgIpc) is 2.64. The number of anilines is 2. The van der Waals surface area contributed by atoms with Crippen LogP contribution in [0, 0.1) is 0 Å². The van der Waals surface area contributed by atoms with Crippen molar-refractivity contribution in [1.82, 2.24) is 0 Å². The number of nitrogens with zero attached hydrogens (tertiary/aromatic N) is 1. The van der Waals surface area contributed by atoms with Gasteiger partial charge >= 0.3 is 11.9 Å². The lowest BCUT2D eigenvalue weighted by atomic mass is 9.85. The molecule has 0 fully saturated rings. The fraction of sp³-hybridized carbons (Fsp3) is 0.364. The summed E-state index contributed by atoms with van der Waals surface area (Å²) >= 11 is 4.22. The van der Waals surface area contributed by atoms with Gasteiger partial charge in [-0.1, -0.05) is 39.0 Å². The van der Waals surface area contributed by atoms with Gasteiger partial charge in [-0.25, -0.2) is 9.59 Å². The van der Waals surface area contributed by atoms with E-state index < -0.39 is 18.0 Å². The molecule has 0 aromatic heterocycles. The minimum atomic E-state index is -1.04. The van der Waals surface area contributed by atoms with E-state index in [4.69, 9.17) is 0 Å². The van der Waals surface area contributed by atoms with E-state index >= 15 is 0 Å². The number of para-hydroxylation sites is 1. The standard InChI is InChI=1S/C22H27NO4S/c1-22(2,3)16-12-15(20(24)25)13-18(14-16)23(17-8-5-4-6-9-17)19(21(26)27)10-7-11-28/h4-6,8-9,12-14,19,28H,7,10-11H2,1-3H3,(H,24,25)(H,26,27). The van der Waals surface area contributed by atoms with Crippen molar-refractivity contribution in [3.05, 3.63) is 59.7 Å². The first-order valence-corrected chi connectivity index (χ1v) is 9.85. The van der Waals surface area contributed by atoms with Gasteiger partial charge in [-0.15, -0.1) is 0 Å². The number of carboxylic acids is 2. The van der Waals surface area contributed by atoms with Gasteiger partial charge in [0.2, 0.25) is 0 Å². The molecule has 0 saturated carbocycles. The van der Waals surface area contributed by atoms with Gasteiger partial charge in [0, 0.05) is 11.4 Å². The van der Waals surface area contributed by atoms with Gasteiger partial charge < -0.3 is 15.1 Å². The number of carbonyl (C=O) groups is 2. The van der Waals surface area contributed by atoms with Gasteiger partial charge in [0.25, 0.3) is 0 Å². The summed E-state index contributed by atoms with van der Waals surface area (Å²) in [7, 11) is 0. The van der Waals surface area contributed by atoms with Gasteiger partial charge in [0.05, 0.1) is 5.56 Å². The van der Waals surface area contributed by atoms with Crippen LogP contribution in [0.25, 0.3) is 0 Å². The third-order valence-corrected chi connectivity index (χ3v) is 4.89. The maximum absolute atomic E-state index is 12.1. The quantitative estimate of drug-likeness (QED) is 0.544. The summed E-state index contributed by atoms with van der Waals surface area (Å²) in [6.45, 7) is 6.00. The molecule has 150 valence electrons. The van der Waals surface area contributed by atoms with Crippen molar-refractivity contribution in [2.24, 2.45) is 0 Å². The zero-order valence-electron chi connectivity index (χ0n) is 16.4. The number of hydrogen-bond donors (Lipinski definition) is 3. The minimum Gasteiger partial charge on any atom is -0.480 e. The lowest BCUT2D eigenvalue weighted by molar-refractivity contribution is -0.138. The molecule has 2 rings (SSSR count). The predicted octanol–water partition coefficient (Wildman–Crippen LogP) is 4.98. The minimum absolute atomic E-state index is 0.140. The summed E-state index contributed by atoms with van der Waals surface area (Å²) < 4.78 is 0. The molecule has 0 radical (unpaired) electrons. The van der Waals surface area contributed by atoms with Crippen LogP contribution in [0.4, 0.5) is 11.4 Å². The molecule has 0 aliphatic heterocycles. The Labute approximate surface area is 171 Å². The van der Waals surface area contributed by atoms with E-state index in [1.165, 1.54) is 0 Å². The maximum atomic E-state index is 12.1. The van der Waals surface area contributed by atoms with E-state index in [2.05, 4.69) is 12.6 Å². The molecule has 2 N–H and O–H groups in total. The van der Waals surface area contributed by atoms with Crippen molar-refractivity contribution in [2.75, 3.05) is 10.7 Å². The average molecular weight is 402 g/mol. The van der Waals surface area contributed by atoms with E-state index in [1.807, 2.05) is 57.2 Å². The zero-order chi connectivity index (χ0) is 20.9. The molecule has 1 unspecified atom stereocenters. The van der Waals surface area contributed by atoms with Crippen LogP contribution in [0.15, 0.2) is 48.5 Å². The normalized spacial score (nSPS) is 12.4. The molecular weight excluding hydrogens is 374 g/mol. The monoisotopic (exact) mass is 401 g/mol. The number of benzene rings is 2. The Morgan fingerprint density at radius 1 is 1.04 bits per heavy atom. The Morgan fingerprint density at radius 2 is 1.68 bits per heavy atom. The van der Waals surface area contributed by atoms with E-state index in [0.717, 1.165) is 5.56 Å². The van der Waals surface area contributed by atoms with Crippen molar-refractivity contribution >= 4 is 35.9 Å². The fourth-order valence-corrected chi connectivity index (χ4v) is 3.23. The second kappa shape index (κ2) is 9.15. The van der Waals surface area contributed by atoms with Crippen LogP contribution in [0.5, 0.6) is 0 Å². The summed E-state index contributed by atoms with van der Waals surface area (Å²) in [5.41, 5.74) is 1.95. The lowest BCUT2D eigenvalue weighted by Gasteiger charge is -2.33. The summed E-state index contributed by atoms with van der Waals surface area (Å²) in [6, 6.07) is 13.5. The van der Waals surface area contributed by atoms with Crippen molar-refractivity contribution in [2.45, 2.75) is 45.1 Å². The van der Waals surface area contributed by atoms with Crippen LogP contribution in [0.2, 0.25) is 0 Å². The number of hydrogen-bond acceptors (Lipinski definition) is 4. The fourth-order valence-electron chi connectivity index (χ4n) is 3.05. The first-order chi connectivity index (χ1) is 13.1.